The molecular formula is C19H21ClN4O4S. The first kappa shape index (κ1) is 21.3. The van der Waals surface area contributed by atoms with E-state index < -0.39 is 6.04 Å². The summed E-state index contributed by atoms with van der Waals surface area (Å²) in [7, 11) is 0. The lowest BCUT2D eigenvalue weighted by atomic mass is 10.1. The van der Waals surface area contributed by atoms with E-state index in [4.69, 9.17) is 22.1 Å². The molecule has 1 aliphatic heterocycles. The lowest BCUT2D eigenvalue weighted by Gasteiger charge is -2.27. The number of amides is 3. The molecule has 29 heavy (non-hydrogen) atoms. The molecule has 0 bridgehead atoms. The van der Waals surface area contributed by atoms with Crippen molar-refractivity contribution in [2.75, 3.05) is 36.5 Å². The van der Waals surface area contributed by atoms with Gasteiger partial charge in [0.2, 0.25) is 5.91 Å². The Kier molecular flexibility index (Phi) is 7.21. The molecule has 1 aromatic carbocycles. The van der Waals surface area contributed by atoms with E-state index in [9.17, 15) is 14.4 Å². The minimum Gasteiger partial charge on any atom is -0.370 e. The van der Waals surface area contributed by atoms with Crippen LogP contribution in [0.2, 0.25) is 4.34 Å². The molecular weight excluding hydrogens is 416 g/mol. The first-order valence-electron chi connectivity index (χ1n) is 9.03. The molecule has 0 aliphatic carbocycles. The summed E-state index contributed by atoms with van der Waals surface area (Å²) in [5.74, 6) is -0.856. The predicted molar refractivity (Wildman–Crippen MR) is 112 cm³/mol. The van der Waals surface area contributed by atoms with E-state index >= 15 is 0 Å². The Hall–Kier alpha value is -2.46. The number of halogens is 1. The van der Waals surface area contributed by atoms with Crippen LogP contribution in [-0.2, 0) is 14.3 Å². The van der Waals surface area contributed by atoms with E-state index in [1.807, 2.05) is 0 Å². The molecule has 2 heterocycles. The molecule has 4 N–H and O–H groups in total. The van der Waals surface area contributed by atoms with Crippen LogP contribution >= 0.6 is 22.9 Å². The molecule has 1 unspecified atom stereocenters. The Morgan fingerprint density at radius 2 is 2.00 bits per heavy atom. The van der Waals surface area contributed by atoms with Gasteiger partial charge in [-0.2, -0.15) is 0 Å². The minimum absolute atomic E-state index is 0.0639. The third-order valence-electron chi connectivity index (χ3n) is 4.31. The van der Waals surface area contributed by atoms with Gasteiger partial charge in [-0.3, -0.25) is 14.4 Å². The highest BCUT2D eigenvalue weighted by molar-refractivity contribution is 7.18. The number of carbonyl (C=O) groups excluding carboxylic acids is 3. The van der Waals surface area contributed by atoms with Crippen LogP contribution < -0.4 is 21.3 Å². The first-order chi connectivity index (χ1) is 14.0. The van der Waals surface area contributed by atoms with Crippen molar-refractivity contribution in [3.8, 4) is 0 Å². The second kappa shape index (κ2) is 9.84. The number of nitrogens with one attached hydrogen (secondary N) is 2. The van der Waals surface area contributed by atoms with Crippen LogP contribution in [0.1, 0.15) is 16.1 Å². The molecule has 1 saturated heterocycles. The summed E-state index contributed by atoms with van der Waals surface area (Å²) in [4.78, 5) is 38.9. The van der Waals surface area contributed by atoms with Gasteiger partial charge in [0.05, 0.1) is 15.8 Å². The molecule has 154 valence electrons. The number of benzene rings is 1. The second-order valence-electron chi connectivity index (χ2n) is 6.34. The van der Waals surface area contributed by atoms with Gasteiger partial charge >= 0.3 is 0 Å². The summed E-state index contributed by atoms with van der Waals surface area (Å²) in [5.41, 5.74) is 6.88. The average Bonchev–Trinajstić information content (AvgIpc) is 3.15. The summed E-state index contributed by atoms with van der Waals surface area (Å²) in [5, 5.41) is 5.46. The maximum absolute atomic E-state index is 12.6. The number of nitrogens with two attached hydrogens (primary N) is 1. The largest absolute Gasteiger partial charge is 0.370 e. The third-order valence-corrected chi connectivity index (χ3v) is 5.54. The lowest BCUT2D eigenvalue weighted by Crippen LogP contribution is -2.44. The van der Waals surface area contributed by atoms with Crippen molar-refractivity contribution in [2.24, 2.45) is 5.73 Å². The van der Waals surface area contributed by atoms with Crippen LogP contribution in [0, 0.1) is 0 Å². The minimum atomic E-state index is -0.783. The van der Waals surface area contributed by atoms with Crippen molar-refractivity contribution in [1.29, 1.82) is 0 Å². The quantitative estimate of drug-likeness (QED) is 0.613. The van der Waals surface area contributed by atoms with Gasteiger partial charge in [-0.1, -0.05) is 11.6 Å². The van der Waals surface area contributed by atoms with E-state index in [1.54, 1.807) is 41.3 Å². The molecule has 0 saturated carbocycles. The molecule has 1 aromatic heterocycles. The van der Waals surface area contributed by atoms with Crippen LogP contribution in [0.15, 0.2) is 36.4 Å². The Bertz CT molecular complexity index is 887. The van der Waals surface area contributed by atoms with E-state index in [1.165, 1.54) is 0 Å². The van der Waals surface area contributed by atoms with Crippen LogP contribution in [0.25, 0.3) is 0 Å². The predicted octanol–water partition coefficient (Wildman–Crippen LogP) is 1.85. The van der Waals surface area contributed by atoms with Gasteiger partial charge in [0, 0.05) is 17.9 Å². The van der Waals surface area contributed by atoms with Crippen LogP contribution in [0.5, 0.6) is 0 Å². The number of anilines is 2. The highest BCUT2D eigenvalue weighted by Crippen LogP contribution is 2.22. The number of nitrogens with zero attached hydrogens (tertiary/aromatic N) is 1. The molecule has 1 aliphatic rings. The van der Waals surface area contributed by atoms with Gasteiger partial charge in [0.1, 0.15) is 12.6 Å². The molecule has 0 spiro atoms. The van der Waals surface area contributed by atoms with E-state index in [0.29, 0.717) is 28.1 Å². The van der Waals surface area contributed by atoms with Gasteiger partial charge in [0.15, 0.2) is 0 Å². The molecule has 3 rings (SSSR count). The number of rotatable bonds is 7. The summed E-state index contributed by atoms with van der Waals surface area (Å²) < 4.78 is 5.62. The number of hydrogen-bond acceptors (Lipinski definition) is 6. The van der Waals surface area contributed by atoms with Crippen molar-refractivity contribution in [2.45, 2.75) is 12.5 Å². The zero-order chi connectivity index (χ0) is 20.8. The number of carbonyl (C=O) groups is 3. The van der Waals surface area contributed by atoms with Crippen LogP contribution in [0.3, 0.4) is 0 Å². The SMILES string of the molecule is NCCC(NC(=O)c1ccc(Cl)s1)C(=O)Nc1ccc(N2CCOCC2=O)cc1. The van der Waals surface area contributed by atoms with Crippen molar-refractivity contribution >= 4 is 52.0 Å². The van der Waals surface area contributed by atoms with Crippen molar-refractivity contribution < 1.29 is 19.1 Å². The lowest BCUT2D eigenvalue weighted by molar-refractivity contribution is -0.125. The normalized spacial score (nSPS) is 15.1. The van der Waals surface area contributed by atoms with Crippen LogP contribution in [0.4, 0.5) is 11.4 Å². The fourth-order valence-electron chi connectivity index (χ4n) is 2.85. The topological polar surface area (TPSA) is 114 Å². The highest BCUT2D eigenvalue weighted by atomic mass is 35.5. The number of thiophene rings is 1. The average molecular weight is 437 g/mol. The highest BCUT2D eigenvalue weighted by Gasteiger charge is 2.23. The monoisotopic (exact) mass is 436 g/mol. The molecule has 10 heteroatoms. The van der Waals surface area contributed by atoms with Gasteiger partial charge < -0.3 is 26.0 Å². The molecule has 2 aromatic rings. The molecule has 3 amide bonds. The van der Waals surface area contributed by atoms with Crippen molar-refractivity contribution in [3.63, 3.8) is 0 Å². The van der Waals surface area contributed by atoms with Gasteiger partial charge in [-0.05, 0) is 49.4 Å². The number of morpholine rings is 1. The smallest absolute Gasteiger partial charge is 0.262 e. The Labute approximate surface area is 177 Å². The maximum atomic E-state index is 12.6. The van der Waals surface area contributed by atoms with Crippen molar-refractivity contribution in [3.05, 3.63) is 45.6 Å². The Balaban J connectivity index is 1.63. The summed E-state index contributed by atoms with van der Waals surface area (Å²) in [6.07, 6.45) is 0.289. The molecule has 1 fully saturated rings. The first-order valence-corrected chi connectivity index (χ1v) is 10.2. The van der Waals surface area contributed by atoms with Gasteiger partial charge in [-0.25, -0.2) is 0 Å². The van der Waals surface area contributed by atoms with E-state index in [-0.39, 0.29) is 37.3 Å². The number of ether oxygens (including phenoxy) is 1. The third kappa shape index (κ3) is 5.54. The fourth-order valence-corrected chi connectivity index (χ4v) is 3.79. The zero-order valence-electron chi connectivity index (χ0n) is 15.5. The fraction of sp³-hybridized carbons (Fsp3) is 0.316. The Morgan fingerprint density at radius 3 is 2.62 bits per heavy atom. The summed E-state index contributed by atoms with van der Waals surface area (Å²) in [6.45, 7) is 1.28. The molecule has 8 nitrogen and oxygen atoms in total. The van der Waals surface area contributed by atoms with Crippen LogP contribution in [-0.4, -0.2) is 50.1 Å². The molecule has 1 atom stereocenters. The number of hydrogen-bond donors (Lipinski definition) is 3. The van der Waals surface area contributed by atoms with E-state index in [0.717, 1.165) is 17.0 Å². The van der Waals surface area contributed by atoms with Gasteiger partial charge in [-0.15, -0.1) is 11.3 Å². The summed E-state index contributed by atoms with van der Waals surface area (Å²) >= 11 is 6.99. The van der Waals surface area contributed by atoms with Gasteiger partial charge in [0.25, 0.3) is 11.8 Å². The van der Waals surface area contributed by atoms with Crippen molar-refractivity contribution in [1.82, 2.24) is 5.32 Å². The van der Waals surface area contributed by atoms with E-state index in [2.05, 4.69) is 10.6 Å². The maximum Gasteiger partial charge on any atom is 0.262 e. The zero-order valence-corrected chi connectivity index (χ0v) is 17.1. The standard InChI is InChI=1S/C19H21ClN4O4S/c20-16-6-5-15(29-16)19(27)23-14(7-8-21)18(26)22-12-1-3-13(4-2-12)24-9-10-28-11-17(24)25/h1-6,14H,7-11,21H2,(H,22,26)(H,23,27). The molecule has 0 radical (unpaired) electrons. The Morgan fingerprint density at radius 1 is 1.24 bits per heavy atom. The second-order valence-corrected chi connectivity index (χ2v) is 8.06. The summed E-state index contributed by atoms with van der Waals surface area (Å²) in [6, 6.07) is 9.36.